The summed E-state index contributed by atoms with van der Waals surface area (Å²) < 4.78 is 0.244. The van der Waals surface area contributed by atoms with Gasteiger partial charge in [0.15, 0.2) is 0 Å². The molecule has 2 heteroatoms. The highest BCUT2D eigenvalue weighted by atomic mass is 32.2. The van der Waals surface area contributed by atoms with Crippen molar-refractivity contribution >= 4 is 35.6 Å². The first-order valence-corrected chi connectivity index (χ1v) is 10.0. The molecule has 0 spiro atoms. The summed E-state index contributed by atoms with van der Waals surface area (Å²) in [6, 6.07) is 28.7. The summed E-state index contributed by atoms with van der Waals surface area (Å²) in [4.78, 5) is 1.37. The van der Waals surface area contributed by atoms with Gasteiger partial charge in [-0.3, -0.25) is 0 Å². The Hall–Kier alpha value is -1.43. The van der Waals surface area contributed by atoms with Crippen molar-refractivity contribution in [1.29, 1.82) is 0 Å². The van der Waals surface area contributed by atoms with E-state index in [4.69, 9.17) is 0 Å². The van der Waals surface area contributed by atoms with Gasteiger partial charge in [0.05, 0.1) is 0 Å². The van der Waals surface area contributed by atoms with Crippen LogP contribution in [-0.4, -0.2) is 4.75 Å². The molecule has 3 aromatic rings. The first kappa shape index (κ1) is 16.4. The third-order valence-corrected chi connectivity index (χ3v) is 6.95. The minimum absolute atomic E-state index is 0.244. The first-order chi connectivity index (χ1) is 11.0. The Morgan fingerprint density at radius 2 is 1.26 bits per heavy atom. The number of thioether (sulfide) groups is 1. The molecule has 0 nitrogen and oxygen atoms in total. The third-order valence-electron chi connectivity index (χ3n) is 3.42. The zero-order valence-corrected chi connectivity index (χ0v) is 15.6. The average molecular weight is 337 g/mol. The zero-order chi connectivity index (χ0) is 16.3. The molecule has 0 aromatic heterocycles. The van der Waals surface area contributed by atoms with Crippen LogP contribution in [0, 0.1) is 0 Å². The fraction of sp³-hybridized carbons (Fsp3) is 0.190. The highest BCUT2D eigenvalue weighted by molar-refractivity contribution is 8.00. The summed E-state index contributed by atoms with van der Waals surface area (Å²) in [6.07, 6.45) is 0. The molecule has 0 aliphatic heterocycles. The maximum Gasteiger partial charge on any atom is 0.000214 e. The van der Waals surface area contributed by atoms with Crippen LogP contribution in [0.2, 0.25) is 0 Å². The topological polar surface area (TPSA) is 0 Å². The molecule has 3 aromatic carbocycles. The molecule has 0 fully saturated rings. The lowest BCUT2D eigenvalue weighted by molar-refractivity contribution is 0.803. The molecule has 3 rings (SSSR count). The average Bonchev–Trinajstić information content (AvgIpc) is 2.96. The lowest BCUT2D eigenvalue weighted by atomic mass is 10.3. The van der Waals surface area contributed by atoms with Crippen molar-refractivity contribution in [2.24, 2.45) is 0 Å². The van der Waals surface area contributed by atoms with E-state index >= 15 is 0 Å². The summed E-state index contributed by atoms with van der Waals surface area (Å²) in [5, 5.41) is 4.25. The van der Waals surface area contributed by atoms with Crippen LogP contribution >= 0.6 is 19.7 Å². The van der Waals surface area contributed by atoms with E-state index in [9.17, 15) is 0 Å². The summed E-state index contributed by atoms with van der Waals surface area (Å²) in [5.41, 5.74) is 0. The second-order valence-corrected chi connectivity index (χ2v) is 10.6. The summed E-state index contributed by atoms with van der Waals surface area (Å²) >= 11 is 1.94. The van der Waals surface area contributed by atoms with E-state index < -0.39 is 7.92 Å². The molecule has 0 radical (unpaired) electrons. The molecular formula is C21H22PS-. The van der Waals surface area contributed by atoms with Gasteiger partial charge >= 0.3 is 0 Å². The maximum absolute atomic E-state index is 2.38. The number of hydrogen-bond donors (Lipinski definition) is 0. The molecule has 0 aliphatic rings. The molecule has 0 heterocycles. The van der Waals surface area contributed by atoms with Crippen LogP contribution in [0.5, 0.6) is 0 Å². The molecule has 0 bridgehead atoms. The Morgan fingerprint density at radius 1 is 0.739 bits per heavy atom. The molecule has 0 saturated carbocycles. The largest absolute Gasteiger partial charge is 0.205 e. The van der Waals surface area contributed by atoms with E-state index in [1.807, 2.05) is 11.8 Å². The van der Waals surface area contributed by atoms with Gasteiger partial charge in [0.2, 0.25) is 0 Å². The Balaban J connectivity index is 2.00. The molecule has 0 aliphatic carbocycles. The highest BCUT2D eigenvalue weighted by Gasteiger charge is 2.13. The predicted octanol–water partition coefficient (Wildman–Crippen LogP) is 5.05. The molecule has 118 valence electrons. The quantitative estimate of drug-likeness (QED) is 0.364. The van der Waals surface area contributed by atoms with Gasteiger partial charge in [0.1, 0.15) is 0 Å². The van der Waals surface area contributed by atoms with Gasteiger partial charge in [0.25, 0.3) is 0 Å². The lowest BCUT2D eigenvalue weighted by Crippen LogP contribution is -2.19. The van der Waals surface area contributed by atoms with Gasteiger partial charge < -0.3 is 0 Å². The van der Waals surface area contributed by atoms with Crippen LogP contribution in [0.4, 0.5) is 0 Å². The molecule has 0 atom stereocenters. The molecule has 0 saturated heterocycles. The minimum Gasteiger partial charge on any atom is -0.205 e. The number of hydrogen-bond acceptors (Lipinski definition) is 1. The Labute approximate surface area is 145 Å². The van der Waals surface area contributed by atoms with Crippen molar-refractivity contribution in [3.8, 4) is 0 Å². The first-order valence-electron chi connectivity index (χ1n) is 7.89. The summed E-state index contributed by atoms with van der Waals surface area (Å²) in [6.45, 7) is 6.80. The zero-order valence-electron chi connectivity index (χ0n) is 13.9. The second kappa shape index (κ2) is 6.99. The van der Waals surface area contributed by atoms with E-state index in [2.05, 4.69) is 99.6 Å². The van der Waals surface area contributed by atoms with E-state index in [1.165, 1.54) is 20.8 Å². The standard InChI is InChI=1S/C21H22PS/c1-21(2,3)23-20-15-14-19(16-20)22(17-10-6-4-7-11-17)18-12-8-5-9-13-18/h4-16H,1-3H3/q-1. The number of rotatable bonds is 4. The summed E-state index contributed by atoms with van der Waals surface area (Å²) in [5.74, 6) is 0. The van der Waals surface area contributed by atoms with E-state index in [0.717, 1.165) is 0 Å². The van der Waals surface area contributed by atoms with Crippen LogP contribution in [0.3, 0.4) is 0 Å². The van der Waals surface area contributed by atoms with Crippen LogP contribution in [-0.2, 0) is 0 Å². The minimum atomic E-state index is -0.480. The Kier molecular flexibility index (Phi) is 4.99. The molecule has 0 unspecified atom stereocenters. The van der Waals surface area contributed by atoms with Gasteiger partial charge in [-0.2, -0.15) is 29.2 Å². The van der Waals surface area contributed by atoms with Gasteiger partial charge in [0, 0.05) is 4.75 Å². The fourth-order valence-electron chi connectivity index (χ4n) is 2.57. The predicted molar refractivity (Wildman–Crippen MR) is 106 cm³/mol. The van der Waals surface area contributed by atoms with Crippen molar-refractivity contribution in [2.45, 2.75) is 30.4 Å². The van der Waals surface area contributed by atoms with Gasteiger partial charge in [-0.15, -0.1) is 4.90 Å². The molecule has 0 amide bonds. The summed E-state index contributed by atoms with van der Waals surface area (Å²) in [7, 11) is -0.480. The SMILES string of the molecule is CC(C)(C)S[c-]1ccc(P(c2ccccc2)c2ccccc2)c1. The normalized spacial score (nSPS) is 11.8. The van der Waals surface area contributed by atoms with Crippen LogP contribution in [0.1, 0.15) is 20.8 Å². The van der Waals surface area contributed by atoms with E-state index in [1.54, 1.807) is 0 Å². The smallest absolute Gasteiger partial charge is 0.000214 e. The molecular weight excluding hydrogens is 315 g/mol. The monoisotopic (exact) mass is 337 g/mol. The second-order valence-electron chi connectivity index (χ2n) is 6.53. The van der Waals surface area contributed by atoms with E-state index in [-0.39, 0.29) is 4.75 Å². The van der Waals surface area contributed by atoms with Gasteiger partial charge in [-0.25, -0.2) is 6.07 Å². The maximum atomic E-state index is 2.38. The van der Waals surface area contributed by atoms with Crippen molar-refractivity contribution < 1.29 is 0 Å². The van der Waals surface area contributed by atoms with Crippen LogP contribution < -0.4 is 15.9 Å². The third kappa shape index (κ3) is 4.31. The Morgan fingerprint density at radius 3 is 1.74 bits per heavy atom. The van der Waals surface area contributed by atoms with Crippen molar-refractivity contribution in [3.05, 3.63) is 78.9 Å². The van der Waals surface area contributed by atoms with Crippen LogP contribution in [0.15, 0.2) is 83.8 Å². The number of benzene rings is 2. The van der Waals surface area contributed by atoms with Crippen molar-refractivity contribution in [1.82, 2.24) is 0 Å². The molecule has 0 N–H and O–H groups in total. The highest BCUT2D eigenvalue weighted by Crippen LogP contribution is 2.37. The lowest BCUT2D eigenvalue weighted by Gasteiger charge is -2.24. The van der Waals surface area contributed by atoms with Crippen molar-refractivity contribution in [2.75, 3.05) is 0 Å². The van der Waals surface area contributed by atoms with Gasteiger partial charge in [-0.05, 0) is 10.6 Å². The van der Waals surface area contributed by atoms with Crippen molar-refractivity contribution in [3.63, 3.8) is 0 Å². The van der Waals surface area contributed by atoms with Crippen LogP contribution in [0.25, 0.3) is 0 Å². The Bertz CT molecular complexity index is 699. The molecule has 23 heavy (non-hydrogen) atoms. The fourth-order valence-corrected chi connectivity index (χ4v) is 6.01. The van der Waals surface area contributed by atoms with E-state index in [0.29, 0.717) is 0 Å². The van der Waals surface area contributed by atoms with Gasteiger partial charge in [-0.1, -0.05) is 89.4 Å².